The van der Waals surface area contributed by atoms with Gasteiger partial charge in [-0.2, -0.15) is 5.10 Å². The zero-order valence-corrected chi connectivity index (χ0v) is 17.1. The molecule has 7 nitrogen and oxygen atoms in total. The zero-order valence-electron chi connectivity index (χ0n) is 16.3. The van der Waals surface area contributed by atoms with E-state index >= 15 is 0 Å². The number of aromatic nitrogens is 2. The van der Waals surface area contributed by atoms with Crippen molar-refractivity contribution in [3.63, 3.8) is 0 Å². The van der Waals surface area contributed by atoms with Crippen molar-refractivity contribution in [2.75, 3.05) is 0 Å². The molecule has 150 valence electrons. The Balaban J connectivity index is 1.68. The Morgan fingerprint density at radius 2 is 1.79 bits per heavy atom. The van der Waals surface area contributed by atoms with E-state index in [0.29, 0.717) is 28.5 Å². The monoisotopic (exact) mass is 412 g/mol. The molecule has 0 aliphatic carbocycles. The van der Waals surface area contributed by atoms with Gasteiger partial charge in [-0.25, -0.2) is 0 Å². The average molecular weight is 413 g/mol. The molecule has 29 heavy (non-hydrogen) atoms. The van der Waals surface area contributed by atoms with Crippen molar-refractivity contribution in [3.05, 3.63) is 91.7 Å². The van der Waals surface area contributed by atoms with E-state index in [9.17, 15) is 14.9 Å². The van der Waals surface area contributed by atoms with Crippen molar-refractivity contribution in [2.24, 2.45) is 0 Å². The molecule has 3 aromatic rings. The fraction of sp³-hybridized carbons (Fsp3) is 0.238. The Morgan fingerprint density at radius 3 is 2.34 bits per heavy atom. The van der Waals surface area contributed by atoms with E-state index in [2.05, 4.69) is 10.4 Å². The molecule has 1 heterocycles. The van der Waals surface area contributed by atoms with Crippen LogP contribution in [0.3, 0.4) is 0 Å². The van der Waals surface area contributed by atoms with Gasteiger partial charge in [0, 0.05) is 10.6 Å². The van der Waals surface area contributed by atoms with Gasteiger partial charge in [0.15, 0.2) is 0 Å². The highest BCUT2D eigenvalue weighted by Gasteiger charge is 2.21. The van der Waals surface area contributed by atoms with Crippen LogP contribution in [-0.2, 0) is 6.54 Å². The lowest BCUT2D eigenvalue weighted by atomic mass is 10.1. The summed E-state index contributed by atoms with van der Waals surface area (Å²) in [4.78, 5) is 23.2. The van der Waals surface area contributed by atoms with Crippen LogP contribution in [0.4, 0.5) is 5.69 Å². The quantitative estimate of drug-likeness (QED) is 0.473. The Bertz CT molecular complexity index is 1040. The number of carbonyl (C=O) groups is 1. The fourth-order valence-corrected chi connectivity index (χ4v) is 3.28. The minimum Gasteiger partial charge on any atom is -0.346 e. The number of hydrogen-bond acceptors (Lipinski definition) is 4. The summed E-state index contributed by atoms with van der Waals surface area (Å²) in [6.07, 6.45) is 0. The third kappa shape index (κ3) is 4.63. The van der Waals surface area contributed by atoms with Gasteiger partial charge in [0.05, 0.1) is 17.5 Å². The SMILES string of the molecule is Cc1nn(Cc2ccc(C(=O)N[C@@H](C)c3ccc(Cl)cc3)cc2)c(C)c1[N+](=O)[O-]. The summed E-state index contributed by atoms with van der Waals surface area (Å²) in [5.41, 5.74) is 3.33. The molecule has 1 N–H and O–H groups in total. The molecule has 0 bridgehead atoms. The third-order valence-corrected chi connectivity index (χ3v) is 5.04. The molecule has 0 saturated heterocycles. The second kappa shape index (κ2) is 8.45. The summed E-state index contributed by atoms with van der Waals surface area (Å²) in [5, 5.41) is 19.0. The molecule has 0 unspecified atom stereocenters. The van der Waals surface area contributed by atoms with Crippen LogP contribution in [0.25, 0.3) is 0 Å². The van der Waals surface area contributed by atoms with E-state index < -0.39 is 4.92 Å². The van der Waals surface area contributed by atoms with Gasteiger partial charge in [-0.3, -0.25) is 19.6 Å². The van der Waals surface area contributed by atoms with E-state index in [1.807, 2.05) is 31.2 Å². The van der Waals surface area contributed by atoms with Gasteiger partial charge >= 0.3 is 5.69 Å². The van der Waals surface area contributed by atoms with Crippen molar-refractivity contribution in [1.82, 2.24) is 15.1 Å². The minimum atomic E-state index is -0.413. The second-order valence-corrected chi connectivity index (χ2v) is 7.31. The summed E-state index contributed by atoms with van der Waals surface area (Å²) < 4.78 is 1.60. The Morgan fingerprint density at radius 1 is 1.17 bits per heavy atom. The van der Waals surface area contributed by atoms with Gasteiger partial charge in [-0.1, -0.05) is 35.9 Å². The lowest BCUT2D eigenvalue weighted by molar-refractivity contribution is -0.386. The number of carbonyl (C=O) groups excluding carboxylic acids is 1. The summed E-state index contributed by atoms with van der Waals surface area (Å²) in [7, 11) is 0. The van der Waals surface area contributed by atoms with Crippen molar-refractivity contribution in [3.8, 4) is 0 Å². The van der Waals surface area contributed by atoms with E-state index in [0.717, 1.165) is 11.1 Å². The van der Waals surface area contributed by atoms with E-state index in [1.54, 1.807) is 42.8 Å². The van der Waals surface area contributed by atoms with Crippen LogP contribution in [0.2, 0.25) is 5.02 Å². The van der Waals surface area contributed by atoms with Gasteiger partial charge in [0.25, 0.3) is 5.91 Å². The molecule has 2 aromatic carbocycles. The molecule has 0 spiro atoms. The number of nitro groups is 1. The van der Waals surface area contributed by atoms with E-state index in [1.165, 1.54) is 0 Å². The Kier molecular flexibility index (Phi) is 5.98. The van der Waals surface area contributed by atoms with Crippen LogP contribution in [-0.4, -0.2) is 20.6 Å². The van der Waals surface area contributed by atoms with Gasteiger partial charge in [0.2, 0.25) is 0 Å². The van der Waals surface area contributed by atoms with Crippen LogP contribution in [0.15, 0.2) is 48.5 Å². The number of rotatable bonds is 6. The number of amides is 1. The Labute approximate surface area is 173 Å². The smallest absolute Gasteiger partial charge is 0.312 e. The lowest BCUT2D eigenvalue weighted by Gasteiger charge is -2.14. The van der Waals surface area contributed by atoms with Gasteiger partial charge in [-0.05, 0) is 56.2 Å². The van der Waals surface area contributed by atoms with Crippen LogP contribution >= 0.6 is 11.6 Å². The predicted octanol–water partition coefficient (Wildman–Crippen LogP) is 4.60. The largest absolute Gasteiger partial charge is 0.346 e. The van der Waals surface area contributed by atoms with Gasteiger partial charge < -0.3 is 5.32 Å². The van der Waals surface area contributed by atoms with Crippen LogP contribution < -0.4 is 5.32 Å². The number of halogens is 1. The number of nitrogens with one attached hydrogen (secondary N) is 1. The summed E-state index contributed by atoms with van der Waals surface area (Å²) in [6, 6.07) is 14.3. The highest BCUT2D eigenvalue weighted by atomic mass is 35.5. The summed E-state index contributed by atoms with van der Waals surface area (Å²) in [6.45, 7) is 5.60. The van der Waals surface area contributed by atoms with E-state index in [-0.39, 0.29) is 17.6 Å². The normalized spacial score (nSPS) is 11.9. The molecule has 0 aliphatic heterocycles. The number of benzene rings is 2. The molecule has 0 fully saturated rings. The first-order valence-electron chi connectivity index (χ1n) is 9.10. The standard InChI is InChI=1S/C21H21ClN4O3/c1-13(17-8-10-19(22)11-9-17)23-21(27)18-6-4-16(5-7-18)12-25-15(3)20(26(28)29)14(2)24-25/h4-11,13H,12H2,1-3H3,(H,23,27)/t13-/m0/s1. The van der Waals surface area contributed by atoms with E-state index in [4.69, 9.17) is 11.6 Å². The first kappa shape index (κ1) is 20.5. The molecule has 3 rings (SSSR count). The molecule has 0 radical (unpaired) electrons. The first-order valence-corrected chi connectivity index (χ1v) is 9.47. The topological polar surface area (TPSA) is 90.1 Å². The van der Waals surface area contributed by atoms with Crippen molar-refractivity contribution < 1.29 is 9.72 Å². The first-order chi connectivity index (χ1) is 13.8. The zero-order chi connectivity index (χ0) is 21.1. The molecule has 1 aromatic heterocycles. The number of aryl methyl sites for hydroxylation is 1. The minimum absolute atomic E-state index is 0.0391. The maximum Gasteiger partial charge on any atom is 0.312 e. The van der Waals surface area contributed by atoms with Crippen molar-refractivity contribution >= 4 is 23.2 Å². The highest BCUT2D eigenvalue weighted by molar-refractivity contribution is 6.30. The maximum absolute atomic E-state index is 12.5. The van der Waals surface area contributed by atoms with Crippen LogP contribution in [0.1, 0.15) is 45.8 Å². The number of nitrogens with zero attached hydrogens (tertiary/aromatic N) is 3. The molecule has 8 heteroatoms. The molecular formula is C21H21ClN4O3. The molecule has 0 aliphatic rings. The highest BCUT2D eigenvalue weighted by Crippen LogP contribution is 2.23. The lowest BCUT2D eigenvalue weighted by Crippen LogP contribution is -2.26. The summed E-state index contributed by atoms with van der Waals surface area (Å²) in [5.74, 6) is -0.180. The summed E-state index contributed by atoms with van der Waals surface area (Å²) >= 11 is 5.90. The van der Waals surface area contributed by atoms with Crippen molar-refractivity contribution in [1.29, 1.82) is 0 Å². The van der Waals surface area contributed by atoms with Crippen LogP contribution in [0.5, 0.6) is 0 Å². The van der Waals surface area contributed by atoms with Crippen molar-refractivity contribution in [2.45, 2.75) is 33.4 Å². The fourth-order valence-electron chi connectivity index (χ4n) is 3.15. The predicted molar refractivity (Wildman–Crippen MR) is 111 cm³/mol. The molecule has 0 saturated carbocycles. The number of hydrogen-bond donors (Lipinski definition) is 1. The van der Waals surface area contributed by atoms with Crippen LogP contribution in [0, 0.1) is 24.0 Å². The molecular weight excluding hydrogens is 392 g/mol. The average Bonchev–Trinajstić information content (AvgIpc) is 2.96. The van der Waals surface area contributed by atoms with Gasteiger partial charge in [0.1, 0.15) is 11.4 Å². The molecule has 1 atom stereocenters. The third-order valence-electron chi connectivity index (χ3n) is 4.79. The van der Waals surface area contributed by atoms with Gasteiger partial charge in [-0.15, -0.1) is 0 Å². The Hall–Kier alpha value is -3.19. The molecule has 1 amide bonds. The maximum atomic E-state index is 12.5. The second-order valence-electron chi connectivity index (χ2n) is 6.88.